The minimum atomic E-state index is -0.637. The molecule has 0 saturated carbocycles. The number of Topliss-reactive ketones (excluding diaryl/α,β-unsaturated/α-hetero) is 1. The lowest BCUT2D eigenvalue weighted by molar-refractivity contribution is -0.155. The van der Waals surface area contributed by atoms with E-state index in [4.69, 9.17) is 4.74 Å². The summed E-state index contributed by atoms with van der Waals surface area (Å²) in [5.41, 5.74) is 1.19. The molecule has 2 rings (SSSR count). The van der Waals surface area contributed by atoms with Gasteiger partial charge in [-0.1, -0.05) is 37.3 Å². The normalized spacial score (nSPS) is 23.6. The fraction of sp³-hybridized carbons (Fsp3) is 0.500. The smallest absolute Gasteiger partial charge is 0.317 e. The van der Waals surface area contributed by atoms with Crippen molar-refractivity contribution in [3.63, 3.8) is 0 Å². The summed E-state index contributed by atoms with van der Waals surface area (Å²) in [5, 5.41) is 0. The number of hydrogen-bond acceptors (Lipinski definition) is 4. The molecule has 0 bridgehead atoms. The Kier molecular flexibility index (Phi) is 4.90. The van der Waals surface area contributed by atoms with E-state index in [1.54, 1.807) is 6.92 Å². The predicted octanol–water partition coefficient (Wildman–Crippen LogP) is 1.89. The van der Waals surface area contributed by atoms with Crippen LogP contribution in [-0.4, -0.2) is 36.3 Å². The van der Waals surface area contributed by atoms with Gasteiger partial charge in [0.05, 0.1) is 6.61 Å². The first-order valence-corrected chi connectivity index (χ1v) is 7.08. The highest BCUT2D eigenvalue weighted by Crippen LogP contribution is 2.21. The van der Waals surface area contributed by atoms with Crippen LogP contribution in [0.15, 0.2) is 30.3 Å². The van der Waals surface area contributed by atoms with Gasteiger partial charge in [-0.3, -0.25) is 14.5 Å². The molecule has 1 aromatic carbocycles. The van der Waals surface area contributed by atoms with E-state index >= 15 is 0 Å². The zero-order chi connectivity index (χ0) is 14.5. The Bertz CT molecular complexity index is 472. The van der Waals surface area contributed by atoms with Crippen LogP contribution in [-0.2, 0) is 20.9 Å². The quantitative estimate of drug-likeness (QED) is 0.622. The molecule has 4 nitrogen and oxygen atoms in total. The molecule has 0 aliphatic carbocycles. The van der Waals surface area contributed by atoms with E-state index < -0.39 is 5.92 Å². The van der Waals surface area contributed by atoms with Gasteiger partial charge in [0.1, 0.15) is 5.92 Å². The van der Waals surface area contributed by atoms with Crippen molar-refractivity contribution in [2.75, 3.05) is 19.7 Å². The Hall–Kier alpha value is -1.68. The molecule has 0 N–H and O–H groups in total. The summed E-state index contributed by atoms with van der Waals surface area (Å²) in [6, 6.07) is 10.1. The van der Waals surface area contributed by atoms with Gasteiger partial charge in [0.2, 0.25) is 0 Å². The number of rotatable bonds is 4. The Morgan fingerprint density at radius 2 is 2.00 bits per heavy atom. The summed E-state index contributed by atoms with van der Waals surface area (Å²) in [4.78, 5) is 26.2. The zero-order valence-corrected chi connectivity index (χ0v) is 12.0. The number of ether oxygens (including phenoxy) is 1. The minimum Gasteiger partial charge on any atom is -0.465 e. The third kappa shape index (κ3) is 3.45. The number of nitrogens with zero attached hydrogens (tertiary/aromatic N) is 1. The van der Waals surface area contributed by atoms with E-state index in [1.807, 2.05) is 25.1 Å². The van der Waals surface area contributed by atoms with Gasteiger partial charge in [0, 0.05) is 25.6 Å². The maximum absolute atomic E-state index is 12.1. The monoisotopic (exact) mass is 275 g/mol. The number of carbonyl (C=O) groups excluding carboxylic acids is 2. The van der Waals surface area contributed by atoms with Crippen molar-refractivity contribution in [2.45, 2.75) is 20.4 Å². The summed E-state index contributed by atoms with van der Waals surface area (Å²) >= 11 is 0. The van der Waals surface area contributed by atoms with Crippen molar-refractivity contribution in [1.29, 1.82) is 0 Å². The van der Waals surface area contributed by atoms with Crippen LogP contribution in [0.1, 0.15) is 19.4 Å². The molecule has 0 radical (unpaired) electrons. The van der Waals surface area contributed by atoms with Crippen LogP contribution in [0.2, 0.25) is 0 Å². The maximum Gasteiger partial charge on any atom is 0.317 e. The second-order valence-electron chi connectivity index (χ2n) is 5.29. The predicted molar refractivity (Wildman–Crippen MR) is 76.0 cm³/mol. The third-order valence-corrected chi connectivity index (χ3v) is 3.62. The van der Waals surface area contributed by atoms with E-state index in [0.717, 1.165) is 6.54 Å². The van der Waals surface area contributed by atoms with E-state index in [0.29, 0.717) is 19.7 Å². The van der Waals surface area contributed by atoms with Crippen molar-refractivity contribution in [3.8, 4) is 0 Å². The van der Waals surface area contributed by atoms with Crippen molar-refractivity contribution < 1.29 is 14.3 Å². The van der Waals surface area contributed by atoms with Crippen LogP contribution >= 0.6 is 0 Å². The van der Waals surface area contributed by atoms with E-state index in [2.05, 4.69) is 17.0 Å². The Morgan fingerprint density at radius 3 is 2.65 bits per heavy atom. The van der Waals surface area contributed by atoms with Gasteiger partial charge in [-0.15, -0.1) is 0 Å². The summed E-state index contributed by atoms with van der Waals surface area (Å²) in [7, 11) is 0. The van der Waals surface area contributed by atoms with E-state index in [1.165, 1.54) is 5.56 Å². The number of carbonyl (C=O) groups is 2. The number of ketones is 1. The van der Waals surface area contributed by atoms with Crippen molar-refractivity contribution >= 4 is 11.8 Å². The van der Waals surface area contributed by atoms with Gasteiger partial charge in [0.25, 0.3) is 0 Å². The minimum absolute atomic E-state index is 0.00719. The van der Waals surface area contributed by atoms with E-state index in [-0.39, 0.29) is 17.7 Å². The fourth-order valence-electron chi connectivity index (χ4n) is 2.65. The molecule has 0 spiro atoms. The SMILES string of the molecule is CCOC(=O)C1CN(Cc2ccccc2)CC(C)C1=O. The molecule has 1 saturated heterocycles. The molecule has 4 heteroatoms. The summed E-state index contributed by atoms with van der Waals surface area (Å²) in [5.74, 6) is -1.14. The Labute approximate surface area is 119 Å². The Balaban J connectivity index is 2.05. The number of hydrogen-bond donors (Lipinski definition) is 0. The average Bonchev–Trinajstić information content (AvgIpc) is 2.44. The summed E-state index contributed by atoms with van der Waals surface area (Å²) in [6.45, 7) is 5.87. The molecule has 1 aliphatic heterocycles. The summed E-state index contributed by atoms with van der Waals surface area (Å²) in [6.07, 6.45) is 0. The molecule has 2 unspecified atom stereocenters. The second kappa shape index (κ2) is 6.66. The van der Waals surface area contributed by atoms with Gasteiger partial charge in [0.15, 0.2) is 5.78 Å². The first-order valence-electron chi connectivity index (χ1n) is 7.08. The van der Waals surface area contributed by atoms with Crippen LogP contribution in [0.3, 0.4) is 0 Å². The highest BCUT2D eigenvalue weighted by atomic mass is 16.5. The lowest BCUT2D eigenvalue weighted by atomic mass is 9.88. The first kappa shape index (κ1) is 14.7. The number of piperidine rings is 1. The maximum atomic E-state index is 12.1. The lowest BCUT2D eigenvalue weighted by Gasteiger charge is -2.34. The second-order valence-corrected chi connectivity index (χ2v) is 5.29. The van der Waals surface area contributed by atoms with Crippen LogP contribution in [0.5, 0.6) is 0 Å². The molecule has 2 atom stereocenters. The molecular weight excluding hydrogens is 254 g/mol. The number of esters is 1. The zero-order valence-electron chi connectivity index (χ0n) is 12.0. The van der Waals surface area contributed by atoms with Gasteiger partial charge in [-0.05, 0) is 12.5 Å². The van der Waals surface area contributed by atoms with E-state index in [9.17, 15) is 9.59 Å². The molecular formula is C16H21NO3. The summed E-state index contributed by atoms with van der Waals surface area (Å²) < 4.78 is 5.01. The van der Waals surface area contributed by atoms with Crippen molar-refractivity contribution in [2.24, 2.45) is 11.8 Å². The molecule has 108 valence electrons. The van der Waals surface area contributed by atoms with Gasteiger partial charge in [-0.2, -0.15) is 0 Å². The molecule has 0 amide bonds. The molecule has 1 fully saturated rings. The van der Waals surface area contributed by atoms with Gasteiger partial charge in [-0.25, -0.2) is 0 Å². The Morgan fingerprint density at radius 1 is 1.30 bits per heavy atom. The fourth-order valence-corrected chi connectivity index (χ4v) is 2.65. The average molecular weight is 275 g/mol. The van der Waals surface area contributed by atoms with Crippen LogP contribution < -0.4 is 0 Å². The highest BCUT2D eigenvalue weighted by molar-refractivity contribution is 6.00. The largest absolute Gasteiger partial charge is 0.465 e. The topological polar surface area (TPSA) is 46.6 Å². The van der Waals surface area contributed by atoms with Crippen molar-refractivity contribution in [1.82, 2.24) is 4.90 Å². The first-order chi connectivity index (χ1) is 9.61. The van der Waals surface area contributed by atoms with Crippen LogP contribution in [0, 0.1) is 11.8 Å². The highest BCUT2D eigenvalue weighted by Gasteiger charge is 2.38. The molecule has 1 aromatic rings. The number of likely N-dealkylation sites (tertiary alicyclic amines) is 1. The lowest BCUT2D eigenvalue weighted by Crippen LogP contribution is -2.48. The van der Waals surface area contributed by atoms with Crippen LogP contribution in [0.4, 0.5) is 0 Å². The number of benzene rings is 1. The standard InChI is InChI=1S/C16H21NO3/c1-3-20-16(19)14-11-17(9-12(2)15(14)18)10-13-7-5-4-6-8-13/h4-8,12,14H,3,9-11H2,1-2H3. The molecule has 20 heavy (non-hydrogen) atoms. The van der Waals surface area contributed by atoms with Crippen molar-refractivity contribution in [3.05, 3.63) is 35.9 Å². The van der Waals surface area contributed by atoms with Gasteiger partial charge >= 0.3 is 5.97 Å². The molecule has 0 aromatic heterocycles. The van der Waals surface area contributed by atoms with Gasteiger partial charge < -0.3 is 4.74 Å². The van der Waals surface area contributed by atoms with Crippen LogP contribution in [0.25, 0.3) is 0 Å². The molecule has 1 aliphatic rings. The third-order valence-electron chi connectivity index (χ3n) is 3.62. The molecule has 1 heterocycles.